The summed E-state index contributed by atoms with van der Waals surface area (Å²) in [5.41, 5.74) is 3.41. The molecule has 27 heavy (non-hydrogen) atoms. The number of aromatic hydroxyl groups is 2. The fourth-order valence-electron chi connectivity index (χ4n) is 2.70. The van der Waals surface area contributed by atoms with Gasteiger partial charge in [0.25, 0.3) is 0 Å². The standard InChI is InChI=1S/C17H20N2O6P2/c1-10-3-14(18-8-26(22)23)6-12(16(10)20)5-13-7-15(19-9-27(24)25)4-11(2)17(13)21/h3-4,6-7,18-19H,5,8-9H2,1-2H3,(H2-2,20,21,22,23,24,25)/p+2. The van der Waals surface area contributed by atoms with Gasteiger partial charge in [-0.3, -0.25) is 0 Å². The summed E-state index contributed by atoms with van der Waals surface area (Å²) in [5.74, 6) is 0.144. The summed E-state index contributed by atoms with van der Waals surface area (Å²) in [6, 6.07) is 6.64. The fraction of sp³-hybridized carbons (Fsp3) is 0.294. The zero-order chi connectivity index (χ0) is 20.1. The third-order valence-corrected chi connectivity index (χ3v) is 4.83. The topological polar surface area (TPSA) is 139 Å². The van der Waals surface area contributed by atoms with Gasteiger partial charge in [0.2, 0.25) is 12.6 Å². The van der Waals surface area contributed by atoms with Crippen LogP contribution in [0.25, 0.3) is 0 Å². The van der Waals surface area contributed by atoms with E-state index in [0.29, 0.717) is 33.6 Å². The molecule has 0 saturated carbocycles. The molecule has 0 aliphatic rings. The SMILES string of the molecule is Cc1cc(NC[P+](=O)O)cc(Cc2cc(NC[P+](=O)O)cc(C)c2O)c1O. The summed E-state index contributed by atoms with van der Waals surface area (Å²) in [5, 5.41) is 26.4. The maximum atomic E-state index is 10.9. The number of hydrogen-bond acceptors (Lipinski definition) is 6. The van der Waals surface area contributed by atoms with Crippen molar-refractivity contribution in [3.8, 4) is 11.5 Å². The molecule has 0 heterocycles. The van der Waals surface area contributed by atoms with Gasteiger partial charge in [-0.1, -0.05) is 0 Å². The summed E-state index contributed by atoms with van der Waals surface area (Å²) in [4.78, 5) is 17.9. The van der Waals surface area contributed by atoms with Crippen LogP contribution in [0.2, 0.25) is 0 Å². The van der Waals surface area contributed by atoms with Crippen LogP contribution < -0.4 is 10.6 Å². The molecule has 2 atom stereocenters. The van der Waals surface area contributed by atoms with Crippen molar-refractivity contribution in [2.24, 2.45) is 0 Å². The quantitative estimate of drug-likeness (QED) is 0.286. The molecule has 0 aromatic heterocycles. The van der Waals surface area contributed by atoms with Gasteiger partial charge < -0.3 is 20.8 Å². The number of nitrogens with one attached hydrogen (secondary N) is 2. The monoisotopic (exact) mass is 412 g/mol. The molecule has 6 N–H and O–H groups in total. The molecule has 0 amide bonds. The second-order valence-corrected chi connectivity index (χ2v) is 8.19. The van der Waals surface area contributed by atoms with E-state index in [0.717, 1.165) is 0 Å². The number of phenols is 2. The summed E-state index contributed by atoms with van der Waals surface area (Å²) in [6.45, 7) is 3.42. The first-order valence-corrected chi connectivity index (χ1v) is 10.9. The van der Waals surface area contributed by atoms with Crippen molar-refractivity contribution in [2.75, 3.05) is 23.2 Å². The highest BCUT2D eigenvalue weighted by Gasteiger charge is 2.16. The first-order chi connectivity index (χ1) is 12.7. The maximum Gasteiger partial charge on any atom is 0.527 e. The van der Waals surface area contributed by atoms with Gasteiger partial charge in [0.1, 0.15) is 11.5 Å². The molecule has 144 valence electrons. The predicted molar refractivity (Wildman–Crippen MR) is 105 cm³/mol. The van der Waals surface area contributed by atoms with E-state index in [1.807, 2.05) is 0 Å². The Morgan fingerprint density at radius 3 is 1.48 bits per heavy atom. The average Bonchev–Trinajstić information content (AvgIpc) is 2.59. The van der Waals surface area contributed by atoms with Crippen molar-refractivity contribution in [1.29, 1.82) is 0 Å². The van der Waals surface area contributed by atoms with E-state index in [-0.39, 0.29) is 30.5 Å². The van der Waals surface area contributed by atoms with Crippen LogP contribution in [0.4, 0.5) is 11.4 Å². The Balaban J connectivity index is 2.34. The summed E-state index contributed by atoms with van der Waals surface area (Å²) >= 11 is 0. The molecule has 10 heteroatoms. The lowest BCUT2D eigenvalue weighted by atomic mass is 9.98. The van der Waals surface area contributed by atoms with Crippen LogP contribution in [0.15, 0.2) is 24.3 Å². The molecule has 0 bridgehead atoms. The second-order valence-electron chi connectivity index (χ2n) is 6.15. The van der Waals surface area contributed by atoms with E-state index < -0.39 is 16.1 Å². The fourth-order valence-corrected chi connectivity index (χ4v) is 3.34. The molecule has 2 aromatic rings. The lowest BCUT2D eigenvalue weighted by Crippen LogP contribution is -2.02. The predicted octanol–water partition coefficient (Wildman–Crippen LogP) is 3.51. The Labute approximate surface area is 158 Å². The van der Waals surface area contributed by atoms with Gasteiger partial charge in [-0.2, -0.15) is 9.79 Å². The van der Waals surface area contributed by atoms with Crippen molar-refractivity contribution >= 4 is 27.4 Å². The Morgan fingerprint density at radius 1 is 0.778 bits per heavy atom. The molecule has 0 spiro atoms. The van der Waals surface area contributed by atoms with Gasteiger partial charge in [-0.25, -0.2) is 0 Å². The van der Waals surface area contributed by atoms with Gasteiger partial charge in [0, 0.05) is 28.9 Å². The van der Waals surface area contributed by atoms with E-state index in [4.69, 9.17) is 9.79 Å². The Kier molecular flexibility index (Phi) is 7.11. The molecule has 8 nitrogen and oxygen atoms in total. The molecule has 2 unspecified atom stereocenters. The zero-order valence-electron chi connectivity index (χ0n) is 14.9. The van der Waals surface area contributed by atoms with Crippen LogP contribution >= 0.6 is 16.1 Å². The lowest BCUT2D eigenvalue weighted by molar-refractivity contribution is 0.458. The van der Waals surface area contributed by atoms with Gasteiger partial charge in [-0.05, 0) is 58.4 Å². The van der Waals surface area contributed by atoms with Crippen LogP contribution in [0.3, 0.4) is 0 Å². The first-order valence-electron chi connectivity index (χ1n) is 8.07. The van der Waals surface area contributed by atoms with E-state index in [1.165, 1.54) is 0 Å². The molecule has 0 radical (unpaired) electrons. The largest absolute Gasteiger partial charge is 0.527 e. The molecule has 0 fully saturated rings. The van der Waals surface area contributed by atoms with Gasteiger partial charge in [0.05, 0.1) is 0 Å². The highest BCUT2D eigenvalue weighted by Crippen LogP contribution is 2.34. The highest BCUT2D eigenvalue weighted by molar-refractivity contribution is 7.38. The molecule has 0 saturated heterocycles. The van der Waals surface area contributed by atoms with Crippen molar-refractivity contribution in [1.82, 2.24) is 0 Å². The minimum atomic E-state index is -2.34. The van der Waals surface area contributed by atoms with Crippen molar-refractivity contribution in [2.45, 2.75) is 20.3 Å². The van der Waals surface area contributed by atoms with Crippen LogP contribution in [0, 0.1) is 13.8 Å². The van der Waals surface area contributed by atoms with Gasteiger partial charge in [0.15, 0.2) is 0 Å². The number of aryl methyl sites for hydroxylation is 2. The van der Waals surface area contributed by atoms with Crippen LogP contribution in [-0.4, -0.2) is 32.6 Å². The summed E-state index contributed by atoms with van der Waals surface area (Å²) < 4.78 is 21.8. The van der Waals surface area contributed by atoms with E-state index in [2.05, 4.69) is 10.6 Å². The Morgan fingerprint density at radius 2 is 1.15 bits per heavy atom. The Hall–Kier alpha value is -2.24. The third kappa shape index (κ3) is 5.88. The minimum Gasteiger partial charge on any atom is -0.507 e. The molecule has 0 aliphatic carbocycles. The van der Waals surface area contributed by atoms with E-state index >= 15 is 0 Å². The second kappa shape index (κ2) is 9.11. The molecule has 2 aromatic carbocycles. The molecular formula is C17H22N2O6P2+2. The van der Waals surface area contributed by atoms with Gasteiger partial charge >= 0.3 is 16.1 Å². The molecule has 2 rings (SSSR count). The minimum absolute atomic E-state index is 0.0720. The van der Waals surface area contributed by atoms with Crippen LogP contribution in [-0.2, 0) is 15.6 Å². The van der Waals surface area contributed by atoms with Gasteiger partial charge in [-0.15, -0.1) is 0 Å². The average molecular weight is 412 g/mol. The number of hydrogen-bond donors (Lipinski definition) is 6. The summed E-state index contributed by atoms with van der Waals surface area (Å²) in [6.07, 6.45) is -0.00884. The zero-order valence-corrected chi connectivity index (χ0v) is 16.7. The molecule has 0 aliphatic heterocycles. The number of benzene rings is 2. The normalized spacial score (nSPS) is 11.9. The maximum absolute atomic E-state index is 10.9. The van der Waals surface area contributed by atoms with Crippen LogP contribution in [0.5, 0.6) is 11.5 Å². The highest BCUT2D eigenvalue weighted by atomic mass is 31.1. The van der Waals surface area contributed by atoms with Crippen molar-refractivity contribution in [3.63, 3.8) is 0 Å². The smallest absolute Gasteiger partial charge is 0.507 e. The van der Waals surface area contributed by atoms with E-state index in [1.54, 1.807) is 38.1 Å². The van der Waals surface area contributed by atoms with E-state index in [9.17, 15) is 19.3 Å². The van der Waals surface area contributed by atoms with Crippen LogP contribution in [0.1, 0.15) is 22.3 Å². The number of anilines is 2. The Bertz CT molecular complexity index is 817. The molecular weight excluding hydrogens is 390 g/mol. The number of phenolic OH excluding ortho intramolecular Hbond substituents is 2. The first kappa shape index (κ1) is 21.1. The third-order valence-electron chi connectivity index (χ3n) is 3.98. The summed E-state index contributed by atoms with van der Waals surface area (Å²) in [7, 11) is -4.68. The van der Waals surface area contributed by atoms with Crippen molar-refractivity contribution in [3.05, 3.63) is 46.5 Å². The number of rotatable bonds is 8. The van der Waals surface area contributed by atoms with Crippen molar-refractivity contribution < 1.29 is 29.1 Å². The lowest BCUT2D eigenvalue weighted by Gasteiger charge is -2.14.